The molecule has 2 amide bonds. The molecule has 0 aromatic heterocycles. The monoisotopic (exact) mass is 476 g/mol. The summed E-state index contributed by atoms with van der Waals surface area (Å²) < 4.78 is 0.896. The minimum atomic E-state index is -1.93. The number of rotatable bonds is 6. The smallest absolute Gasteiger partial charge is 0.255 e. The number of nitrogens with zero attached hydrogens (tertiary/aromatic N) is 1. The molecule has 8 heteroatoms. The summed E-state index contributed by atoms with van der Waals surface area (Å²) >= 11 is 3.34. The van der Waals surface area contributed by atoms with Crippen LogP contribution in [0.2, 0.25) is 0 Å². The van der Waals surface area contributed by atoms with Crippen molar-refractivity contribution in [3.63, 3.8) is 0 Å². The molecule has 4 N–H and O–H groups in total. The van der Waals surface area contributed by atoms with Crippen molar-refractivity contribution in [2.45, 2.75) is 44.2 Å². The van der Waals surface area contributed by atoms with Crippen LogP contribution in [-0.4, -0.2) is 56.9 Å². The van der Waals surface area contributed by atoms with Gasteiger partial charge in [0, 0.05) is 11.0 Å². The minimum Gasteiger partial charge on any atom is -0.394 e. The van der Waals surface area contributed by atoms with Gasteiger partial charge in [-0.15, -0.1) is 0 Å². The Kier molecular flexibility index (Phi) is 7.25. The van der Waals surface area contributed by atoms with Crippen molar-refractivity contribution in [2.24, 2.45) is 0 Å². The van der Waals surface area contributed by atoms with Crippen LogP contribution >= 0.6 is 15.9 Å². The fourth-order valence-electron chi connectivity index (χ4n) is 3.59. The predicted octanol–water partition coefficient (Wildman–Crippen LogP) is 1.29. The fourth-order valence-corrected chi connectivity index (χ4v) is 3.85. The van der Waals surface area contributed by atoms with Crippen molar-refractivity contribution in [1.29, 1.82) is 0 Å². The molecule has 0 aliphatic carbocycles. The summed E-state index contributed by atoms with van der Waals surface area (Å²) in [6, 6.07) is 13.9. The first-order chi connectivity index (χ1) is 14.3. The summed E-state index contributed by atoms with van der Waals surface area (Å²) in [4.78, 5) is 26.6. The molecule has 0 saturated carbocycles. The van der Waals surface area contributed by atoms with E-state index in [1.807, 2.05) is 48.5 Å². The topological polar surface area (TPSA) is 110 Å². The van der Waals surface area contributed by atoms with E-state index < -0.39 is 36.1 Å². The summed E-state index contributed by atoms with van der Waals surface area (Å²) in [5.41, 5.74) is 2.75. The second-order valence-electron chi connectivity index (χ2n) is 7.45. The lowest BCUT2D eigenvalue weighted by atomic mass is 9.93. The van der Waals surface area contributed by atoms with E-state index in [1.165, 1.54) is 4.90 Å². The summed E-state index contributed by atoms with van der Waals surface area (Å²) in [6.07, 6.45) is -3.41. The van der Waals surface area contributed by atoms with Crippen LogP contribution in [0.4, 0.5) is 0 Å². The molecule has 1 aliphatic rings. The third-order valence-corrected chi connectivity index (χ3v) is 5.93. The van der Waals surface area contributed by atoms with Crippen molar-refractivity contribution in [1.82, 2.24) is 10.2 Å². The van der Waals surface area contributed by atoms with Crippen molar-refractivity contribution >= 4 is 27.7 Å². The average molecular weight is 477 g/mol. The molecule has 1 aliphatic heterocycles. The molecule has 0 spiro atoms. The van der Waals surface area contributed by atoms with E-state index >= 15 is 0 Å². The number of hydrogen-bond donors (Lipinski definition) is 4. The molecule has 0 fully saturated rings. The van der Waals surface area contributed by atoms with E-state index in [0.29, 0.717) is 6.42 Å². The highest BCUT2D eigenvalue weighted by molar-refractivity contribution is 9.10. The van der Waals surface area contributed by atoms with E-state index in [-0.39, 0.29) is 13.2 Å². The van der Waals surface area contributed by atoms with Gasteiger partial charge in [-0.2, -0.15) is 0 Å². The molecule has 160 valence electrons. The molecule has 1 heterocycles. The Morgan fingerprint density at radius 2 is 1.73 bits per heavy atom. The van der Waals surface area contributed by atoms with E-state index in [0.717, 1.165) is 21.2 Å². The second kappa shape index (κ2) is 9.70. The van der Waals surface area contributed by atoms with Crippen LogP contribution in [-0.2, 0) is 22.6 Å². The van der Waals surface area contributed by atoms with Crippen LogP contribution < -0.4 is 5.32 Å². The third kappa shape index (κ3) is 4.89. The lowest BCUT2D eigenvalue weighted by molar-refractivity contribution is -0.156. The fraction of sp³-hybridized carbons (Fsp3) is 0.364. The Balaban J connectivity index is 1.67. The zero-order valence-corrected chi connectivity index (χ0v) is 18.1. The van der Waals surface area contributed by atoms with E-state index in [1.54, 1.807) is 6.92 Å². The van der Waals surface area contributed by atoms with Gasteiger partial charge in [-0.05, 0) is 42.2 Å². The first kappa shape index (κ1) is 22.4. The van der Waals surface area contributed by atoms with Gasteiger partial charge in [0.1, 0.15) is 0 Å². The van der Waals surface area contributed by atoms with Gasteiger partial charge in [0.15, 0.2) is 12.2 Å². The third-order valence-electron chi connectivity index (χ3n) is 5.40. The zero-order valence-electron chi connectivity index (χ0n) is 16.5. The van der Waals surface area contributed by atoms with Gasteiger partial charge in [-0.3, -0.25) is 9.59 Å². The molecule has 0 radical (unpaired) electrons. The molecular weight excluding hydrogens is 452 g/mol. The highest BCUT2D eigenvalue weighted by atomic mass is 79.9. The number of fused-ring (bicyclic) bond motifs is 1. The first-order valence-electron chi connectivity index (χ1n) is 9.72. The second-order valence-corrected chi connectivity index (χ2v) is 8.36. The van der Waals surface area contributed by atoms with Gasteiger partial charge in [-0.25, -0.2) is 0 Å². The van der Waals surface area contributed by atoms with Crippen LogP contribution in [0.15, 0.2) is 53.0 Å². The maximum atomic E-state index is 12.8. The molecule has 3 rings (SSSR count). The number of benzene rings is 2. The number of amides is 2. The van der Waals surface area contributed by atoms with Crippen LogP contribution in [0.25, 0.3) is 0 Å². The number of carbonyl (C=O) groups is 2. The number of hydrogen-bond acceptors (Lipinski definition) is 5. The van der Waals surface area contributed by atoms with E-state index in [4.69, 9.17) is 0 Å². The number of aliphatic hydroxyl groups excluding tert-OH is 3. The Hall–Kier alpha value is -2.26. The van der Waals surface area contributed by atoms with Crippen molar-refractivity contribution < 1.29 is 24.9 Å². The lowest BCUT2D eigenvalue weighted by Crippen LogP contribution is -2.55. The van der Waals surface area contributed by atoms with Gasteiger partial charge >= 0.3 is 0 Å². The summed E-state index contributed by atoms with van der Waals surface area (Å²) in [5.74, 6) is -1.63. The van der Waals surface area contributed by atoms with Gasteiger partial charge in [-0.1, -0.05) is 52.3 Å². The zero-order chi connectivity index (χ0) is 21.8. The normalized spacial score (nSPS) is 18.8. The maximum absolute atomic E-state index is 12.8. The van der Waals surface area contributed by atoms with Crippen LogP contribution in [0, 0.1) is 0 Å². The number of nitrogens with one attached hydrogen (secondary N) is 1. The van der Waals surface area contributed by atoms with E-state index in [9.17, 15) is 24.9 Å². The summed E-state index contributed by atoms with van der Waals surface area (Å²) in [6.45, 7) is 1.65. The molecule has 7 nitrogen and oxygen atoms in total. The maximum Gasteiger partial charge on any atom is 0.255 e. The average Bonchev–Trinajstić information content (AvgIpc) is 2.76. The van der Waals surface area contributed by atoms with Gasteiger partial charge in [0.05, 0.1) is 18.7 Å². The molecule has 30 heavy (non-hydrogen) atoms. The van der Waals surface area contributed by atoms with Crippen molar-refractivity contribution in [3.8, 4) is 0 Å². The Bertz CT molecular complexity index is 905. The molecule has 2 aromatic carbocycles. The van der Waals surface area contributed by atoms with Crippen LogP contribution in [0.3, 0.4) is 0 Å². The molecule has 0 bridgehead atoms. The predicted molar refractivity (Wildman–Crippen MR) is 114 cm³/mol. The highest BCUT2D eigenvalue weighted by Crippen LogP contribution is 2.24. The molecule has 2 aromatic rings. The van der Waals surface area contributed by atoms with Crippen molar-refractivity contribution in [2.75, 3.05) is 6.61 Å². The molecule has 4 atom stereocenters. The molecule has 1 unspecified atom stereocenters. The van der Waals surface area contributed by atoms with Crippen LogP contribution in [0.5, 0.6) is 0 Å². The number of carbonyl (C=O) groups excluding carboxylic acids is 2. The Morgan fingerprint density at radius 3 is 2.37 bits per heavy atom. The molecular formula is C22H25BrN2O5. The highest BCUT2D eigenvalue weighted by Gasteiger charge is 2.38. The quantitative estimate of drug-likeness (QED) is 0.502. The number of aliphatic hydroxyl groups is 3. The van der Waals surface area contributed by atoms with Crippen LogP contribution in [0.1, 0.15) is 29.7 Å². The Labute approximate surface area is 183 Å². The standard InChI is InChI=1S/C22H25BrN2O5/c1-13(14-6-8-17(23)9-7-14)24-21(29)19(27)20(28)22(30)25-11-16-5-3-2-4-15(16)10-18(25)12-26/h2-9,13,18-20,26-28H,10-12H2,1H3,(H,24,29)/t13?,18-,19-,20-/m1/s1. The lowest BCUT2D eigenvalue weighted by Gasteiger charge is -2.37. The van der Waals surface area contributed by atoms with Gasteiger partial charge in [0.2, 0.25) is 0 Å². The van der Waals surface area contributed by atoms with Gasteiger partial charge in [0.25, 0.3) is 11.8 Å². The molecule has 0 saturated heterocycles. The first-order valence-corrected chi connectivity index (χ1v) is 10.5. The minimum absolute atomic E-state index is 0.195. The Morgan fingerprint density at radius 1 is 1.10 bits per heavy atom. The largest absolute Gasteiger partial charge is 0.394 e. The van der Waals surface area contributed by atoms with Crippen molar-refractivity contribution in [3.05, 3.63) is 69.7 Å². The number of halogens is 1. The summed E-state index contributed by atoms with van der Waals surface area (Å²) in [7, 11) is 0. The summed E-state index contributed by atoms with van der Waals surface area (Å²) in [5, 5.41) is 33.0. The van der Waals surface area contributed by atoms with Gasteiger partial charge < -0.3 is 25.5 Å². The van der Waals surface area contributed by atoms with E-state index in [2.05, 4.69) is 21.2 Å². The SMILES string of the molecule is CC(NC(=O)[C@H](O)[C@@H](O)C(=O)N1Cc2ccccc2C[C@@H]1CO)c1ccc(Br)cc1.